The van der Waals surface area contributed by atoms with Crippen molar-refractivity contribution in [3.8, 4) is 5.75 Å². The van der Waals surface area contributed by atoms with Crippen LogP contribution in [0.15, 0.2) is 18.2 Å². The molecule has 0 heterocycles. The predicted molar refractivity (Wildman–Crippen MR) is 73.4 cm³/mol. The minimum absolute atomic E-state index is 0.358. The molecule has 1 rings (SSSR count). The number of ether oxygens (including phenoxy) is 1. The molecule has 0 aromatic heterocycles. The molecule has 3 N–H and O–H groups in total. The van der Waals surface area contributed by atoms with Crippen LogP contribution in [0.5, 0.6) is 5.75 Å². The monoisotopic (exact) mass is 273 g/mol. The molecule has 0 fully saturated rings. The Labute approximate surface area is 108 Å². The molecule has 0 atom stereocenters. The number of likely N-dealkylation sites (N-methyl/N-ethyl adjacent to an activating group) is 1. The van der Waals surface area contributed by atoms with Gasteiger partial charge in [0.1, 0.15) is 12.4 Å². The van der Waals surface area contributed by atoms with E-state index in [9.17, 15) is 8.42 Å². The highest BCUT2D eigenvalue weighted by Crippen LogP contribution is 2.27. The number of benzene rings is 1. The maximum absolute atomic E-state index is 11.2. The van der Waals surface area contributed by atoms with Crippen molar-refractivity contribution in [1.29, 1.82) is 0 Å². The lowest BCUT2D eigenvalue weighted by Gasteiger charge is -2.15. The molecule has 0 amide bonds. The SMILES string of the molecule is CN(C)CCOc1ccc(N)cc1NS(C)(=O)=O. The second-order valence-corrected chi connectivity index (χ2v) is 6.03. The van der Waals surface area contributed by atoms with E-state index < -0.39 is 10.0 Å². The third kappa shape index (κ3) is 5.24. The Morgan fingerprint density at radius 1 is 1.39 bits per heavy atom. The number of hydrogen-bond donors (Lipinski definition) is 2. The van der Waals surface area contributed by atoms with Crippen molar-refractivity contribution in [1.82, 2.24) is 4.90 Å². The maximum atomic E-state index is 11.2. The highest BCUT2D eigenvalue weighted by atomic mass is 32.2. The lowest BCUT2D eigenvalue weighted by Crippen LogP contribution is -2.20. The molecule has 6 nitrogen and oxygen atoms in total. The molecule has 1 aromatic rings. The standard InChI is InChI=1S/C11H19N3O3S/c1-14(2)6-7-17-11-5-4-9(12)8-10(11)13-18(3,15)16/h4-5,8,13H,6-7,12H2,1-3H3. The predicted octanol–water partition coefficient (Wildman–Crippen LogP) is 0.581. The number of sulfonamides is 1. The van der Waals surface area contributed by atoms with E-state index in [2.05, 4.69) is 4.72 Å². The number of nitrogens with one attached hydrogen (secondary N) is 1. The van der Waals surface area contributed by atoms with E-state index in [0.29, 0.717) is 23.7 Å². The Hall–Kier alpha value is -1.47. The zero-order valence-electron chi connectivity index (χ0n) is 10.8. The van der Waals surface area contributed by atoms with Gasteiger partial charge in [0.25, 0.3) is 0 Å². The van der Waals surface area contributed by atoms with Gasteiger partial charge in [0, 0.05) is 12.2 Å². The molecule has 0 saturated heterocycles. The Kier molecular flexibility index (Phi) is 4.80. The van der Waals surface area contributed by atoms with Crippen LogP contribution in [0.2, 0.25) is 0 Å². The second kappa shape index (κ2) is 5.92. The van der Waals surface area contributed by atoms with Gasteiger partial charge >= 0.3 is 0 Å². The van der Waals surface area contributed by atoms with Gasteiger partial charge in [-0.2, -0.15) is 0 Å². The van der Waals surface area contributed by atoms with Crippen molar-refractivity contribution >= 4 is 21.4 Å². The Balaban J connectivity index is 2.83. The molecule has 18 heavy (non-hydrogen) atoms. The molecule has 0 aliphatic carbocycles. The first kappa shape index (κ1) is 14.6. The van der Waals surface area contributed by atoms with Gasteiger partial charge in [-0.25, -0.2) is 8.42 Å². The smallest absolute Gasteiger partial charge is 0.229 e. The summed E-state index contributed by atoms with van der Waals surface area (Å²) in [6, 6.07) is 4.85. The topological polar surface area (TPSA) is 84.7 Å². The molecule has 0 aliphatic rings. The van der Waals surface area contributed by atoms with Gasteiger partial charge in [-0.15, -0.1) is 0 Å². The summed E-state index contributed by atoms with van der Waals surface area (Å²) < 4.78 is 30.4. The number of nitrogens with two attached hydrogens (primary N) is 1. The van der Waals surface area contributed by atoms with Gasteiger partial charge in [0.05, 0.1) is 11.9 Å². The van der Waals surface area contributed by atoms with Crippen LogP contribution in [0.1, 0.15) is 0 Å². The van der Waals surface area contributed by atoms with Crippen LogP contribution in [0.25, 0.3) is 0 Å². The fourth-order valence-corrected chi connectivity index (χ4v) is 1.85. The number of rotatable bonds is 6. The molecule has 0 spiro atoms. The summed E-state index contributed by atoms with van der Waals surface area (Å²) in [6.07, 6.45) is 1.08. The maximum Gasteiger partial charge on any atom is 0.229 e. The molecule has 0 saturated carbocycles. The van der Waals surface area contributed by atoms with Gasteiger partial charge in [-0.1, -0.05) is 0 Å². The van der Waals surface area contributed by atoms with Crippen molar-refractivity contribution in [2.24, 2.45) is 0 Å². The average molecular weight is 273 g/mol. The quantitative estimate of drug-likeness (QED) is 0.741. The van der Waals surface area contributed by atoms with E-state index in [1.807, 2.05) is 19.0 Å². The highest BCUT2D eigenvalue weighted by Gasteiger charge is 2.09. The summed E-state index contributed by atoms with van der Waals surface area (Å²) in [5.74, 6) is 0.469. The van der Waals surface area contributed by atoms with Crippen molar-refractivity contribution in [3.05, 3.63) is 18.2 Å². The molecule has 0 radical (unpaired) electrons. The van der Waals surface area contributed by atoms with Crippen molar-refractivity contribution in [2.45, 2.75) is 0 Å². The molecule has 102 valence electrons. The summed E-state index contributed by atoms with van der Waals surface area (Å²) in [4.78, 5) is 1.97. The van der Waals surface area contributed by atoms with Crippen LogP contribution in [-0.4, -0.2) is 46.8 Å². The fraction of sp³-hybridized carbons (Fsp3) is 0.455. The van der Waals surface area contributed by atoms with Gasteiger partial charge < -0.3 is 15.4 Å². The van der Waals surface area contributed by atoms with Gasteiger partial charge in [-0.3, -0.25) is 4.72 Å². The third-order valence-electron chi connectivity index (χ3n) is 2.10. The number of nitrogens with zero attached hydrogens (tertiary/aromatic N) is 1. The first-order valence-electron chi connectivity index (χ1n) is 5.43. The number of hydrogen-bond acceptors (Lipinski definition) is 5. The van der Waals surface area contributed by atoms with E-state index in [4.69, 9.17) is 10.5 Å². The van der Waals surface area contributed by atoms with Gasteiger partial charge in [0.15, 0.2) is 0 Å². The van der Waals surface area contributed by atoms with Crippen LogP contribution >= 0.6 is 0 Å². The summed E-state index contributed by atoms with van der Waals surface area (Å²) in [5, 5.41) is 0. The zero-order chi connectivity index (χ0) is 13.8. The van der Waals surface area contributed by atoms with Gasteiger partial charge in [0.2, 0.25) is 10.0 Å². The molecule has 7 heteroatoms. The van der Waals surface area contributed by atoms with E-state index in [1.165, 1.54) is 6.07 Å². The molecule has 0 bridgehead atoms. The Morgan fingerprint density at radius 3 is 2.61 bits per heavy atom. The first-order chi connectivity index (χ1) is 8.28. The van der Waals surface area contributed by atoms with Crippen molar-refractivity contribution < 1.29 is 13.2 Å². The highest BCUT2D eigenvalue weighted by molar-refractivity contribution is 7.92. The summed E-state index contributed by atoms with van der Waals surface area (Å²) >= 11 is 0. The van der Waals surface area contributed by atoms with E-state index in [1.54, 1.807) is 12.1 Å². The number of anilines is 2. The summed E-state index contributed by atoms with van der Waals surface area (Å²) in [6.45, 7) is 1.21. The van der Waals surface area contributed by atoms with Crippen LogP contribution in [0.3, 0.4) is 0 Å². The molecule has 1 aromatic carbocycles. The third-order valence-corrected chi connectivity index (χ3v) is 2.69. The zero-order valence-corrected chi connectivity index (χ0v) is 11.6. The van der Waals surface area contributed by atoms with Crippen molar-refractivity contribution in [2.75, 3.05) is 44.0 Å². The lowest BCUT2D eigenvalue weighted by molar-refractivity contribution is 0.262. The summed E-state index contributed by atoms with van der Waals surface area (Å²) in [5.41, 5.74) is 6.46. The van der Waals surface area contributed by atoms with E-state index in [-0.39, 0.29) is 0 Å². The van der Waals surface area contributed by atoms with Gasteiger partial charge in [-0.05, 0) is 32.3 Å². The average Bonchev–Trinajstić information content (AvgIpc) is 2.18. The molecular formula is C11H19N3O3S. The van der Waals surface area contributed by atoms with Crippen molar-refractivity contribution in [3.63, 3.8) is 0 Å². The minimum Gasteiger partial charge on any atom is -0.490 e. The first-order valence-corrected chi connectivity index (χ1v) is 7.32. The molecule has 0 unspecified atom stereocenters. The van der Waals surface area contributed by atoms with Crippen LogP contribution in [-0.2, 0) is 10.0 Å². The Morgan fingerprint density at radius 2 is 2.06 bits per heavy atom. The largest absolute Gasteiger partial charge is 0.490 e. The lowest BCUT2D eigenvalue weighted by atomic mass is 10.2. The fourth-order valence-electron chi connectivity index (χ4n) is 1.29. The van der Waals surface area contributed by atoms with Crippen LogP contribution in [0.4, 0.5) is 11.4 Å². The normalized spacial score (nSPS) is 11.6. The molecular weight excluding hydrogens is 254 g/mol. The molecule has 0 aliphatic heterocycles. The number of nitrogen functional groups attached to an aromatic ring is 1. The Bertz CT molecular complexity index is 500. The minimum atomic E-state index is -3.35. The van der Waals surface area contributed by atoms with Crippen LogP contribution in [0, 0.1) is 0 Å². The van der Waals surface area contributed by atoms with E-state index >= 15 is 0 Å². The second-order valence-electron chi connectivity index (χ2n) is 4.28. The van der Waals surface area contributed by atoms with E-state index in [0.717, 1.165) is 12.8 Å². The van der Waals surface area contributed by atoms with Crippen LogP contribution < -0.4 is 15.2 Å². The summed E-state index contributed by atoms with van der Waals surface area (Å²) in [7, 11) is 0.511.